The monoisotopic (exact) mass is 292 g/mol. The van der Waals surface area contributed by atoms with Crippen molar-refractivity contribution in [3.05, 3.63) is 0 Å². The molecule has 0 radical (unpaired) electrons. The maximum absolute atomic E-state index is 11.1. The van der Waals surface area contributed by atoms with Crippen LogP contribution < -0.4 is 12.3 Å². The van der Waals surface area contributed by atoms with Gasteiger partial charge in [0.2, 0.25) is 0 Å². The van der Waals surface area contributed by atoms with Crippen LogP contribution in [0.2, 0.25) is 0 Å². The van der Waals surface area contributed by atoms with Gasteiger partial charge in [-0.2, -0.15) is 0 Å². The molecule has 122 valence electrons. The average molecular weight is 292 g/mol. The Morgan fingerprint density at radius 1 is 0.800 bits per heavy atom. The first-order chi connectivity index (χ1) is 8.22. The summed E-state index contributed by atoms with van der Waals surface area (Å²) in [5.74, 6) is -1.53. The Kier molecular flexibility index (Phi) is 11.6. The third kappa shape index (κ3) is 6.34. The van der Waals surface area contributed by atoms with Gasteiger partial charge in [-0.25, -0.2) is 0 Å². The zero-order chi connectivity index (χ0) is 14.4. The zero-order valence-electron chi connectivity index (χ0n) is 13.4. The molecular formula is C14H32N2O4. The maximum atomic E-state index is 11.1. The quantitative estimate of drug-likeness (QED) is 0.474. The normalized spacial score (nSPS) is 16.0. The summed E-state index contributed by atoms with van der Waals surface area (Å²) >= 11 is 0. The molecule has 2 unspecified atom stereocenters. The molecule has 0 aromatic rings. The van der Waals surface area contributed by atoms with Crippen LogP contribution >= 0.6 is 0 Å². The van der Waals surface area contributed by atoms with E-state index in [1.165, 1.54) is 0 Å². The minimum atomic E-state index is -0.763. The topological polar surface area (TPSA) is 145 Å². The third-order valence-electron chi connectivity index (χ3n) is 4.30. The van der Waals surface area contributed by atoms with E-state index >= 15 is 0 Å². The zero-order valence-corrected chi connectivity index (χ0v) is 13.4. The van der Waals surface area contributed by atoms with Crippen LogP contribution in [0.3, 0.4) is 0 Å². The summed E-state index contributed by atoms with van der Waals surface area (Å²) in [6.45, 7) is 7.26. The fourth-order valence-corrected chi connectivity index (χ4v) is 1.90. The maximum Gasteiger partial charge on any atom is 0.309 e. The Balaban J connectivity index is -0.00000144. The highest BCUT2D eigenvalue weighted by molar-refractivity contribution is 5.74. The molecule has 0 bridgehead atoms. The third-order valence-corrected chi connectivity index (χ3v) is 4.30. The summed E-state index contributed by atoms with van der Waals surface area (Å²) in [4.78, 5) is 22.2. The summed E-state index contributed by atoms with van der Waals surface area (Å²) in [5, 5.41) is 18.3. The molecule has 0 saturated carbocycles. The molecule has 0 aliphatic rings. The molecule has 0 aromatic carbocycles. The van der Waals surface area contributed by atoms with Crippen LogP contribution in [-0.4, -0.2) is 22.2 Å². The first-order valence-electron chi connectivity index (χ1n) is 6.68. The van der Waals surface area contributed by atoms with Crippen molar-refractivity contribution in [2.24, 2.45) is 10.8 Å². The molecule has 0 rings (SSSR count). The summed E-state index contributed by atoms with van der Waals surface area (Å²) in [6.07, 6.45) is 3.95. The number of aliphatic carboxylic acids is 2. The minimum absolute atomic E-state index is 0. The molecule has 0 aliphatic carbocycles. The highest BCUT2D eigenvalue weighted by Crippen LogP contribution is 2.32. The van der Waals surface area contributed by atoms with E-state index in [4.69, 9.17) is 10.2 Å². The number of carboxylic acids is 2. The van der Waals surface area contributed by atoms with Gasteiger partial charge < -0.3 is 22.5 Å². The van der Waals surface area contributed by atoms with E-state index in [2.05, 4.69) is 0 Å². The van der Waals surface area contributed by atoms with Crippen molar-refractivity contribution < 1.29 is 19.8 Å². The number of unbranched alkanes of at least 4 members (excludes halogenated alkanes) is 1. The lowest BCUT2D eigenvalue weighted by Gasteiger charge is -2.25. The van der Waals surface area contributed by atoms with Gasteiger partial charge in [0.1, 0.15) is 0 Å². The number of hydrogen-bond donors (Lipinski definition) is 4. The number of hydrogen-bond acceptors (Lipinski definition) is 4. The van der Waals surface area contributed by atoms with E-state index in [1.54, 1.807) is 13.8 Å². The second-order valence-electron chi connectivity index (χ2n) is 5.65. The van der Waals surface area contributed by atoms with E-state index in [1.807, 2.05) is 13.8 Å². The fourth-order valence-electron chi connectivity index (χ4n) is 1.90. The average Bonchev–Trinajstić information content (AvgIpc) is 2.33. The van der Waals surface area contributed by atoms with Crippen LogP contribution in [0.4, 0.5) is 0 Å². The van der Waals surface area contributed by atoms with E-state index in [0.29, 0.717) is 25.7 Å². The minimum Gasteiger partial charge on any atom is -0.481 e. The lowest BCUT2D eigenvalue weighted by Crippen LogP contribution is -2.28. The molecular weight excluding hydrogens is 260 g/mol. The van der Waals surface area contributed by atoms with Gasteiger partial charge >= 0.3 is 11.9 Å². The predicted molar refractivity (Wildman–Crippen MR) is 80.6 cm³/mol. The van der Waals surface area contributed by atoms with Crippen molar-refractivity contribution in [1.82, 2.24) is 12.3 Å². The number of rotatable bonds is 9. The highest BCUT2D eigenvalue weighted by Gasteiger charge is 2.32. The van der Waals surface area contributed by atoms with Crippen LogP contribution in [0.25, 0.3) is 0 Å². The molecule has 6 nitrogen and oxygen atoms in total. The fraction of sp³-hybridized carbons (Fsp3) is 0.857. The van der Waals surface area contributed by atoms with Crippen molar-refractivity contribution in [3.63, 3.8) is 0 Å². The molecule has 0 fully saturated rings. The molecule has 0 spiro atoms. The Hall–Kier alpha value is -1.14. The number of carbonyl (C=O) groups is 2. The van der Waals surface area contributed by atoms with Crippen molar-refractivity contribution in [1.29, 1.82) is 0 Å². The van der Waals surface area contributed by atoms with Gasteiger partial charge in [0, 0.05) is 0 Å². The Bertz CT molecular complexity index is 280. The summed E-state index contributed by atoms with van der Waals surface area (Å²) < 4.78 is 0. The van der Waals surface area contributed by atoms with Crippen LogP contribution in [0, 0.1) is 10.8 Å². The first kappa shape index (κ1) is 23.9. The smallest absolute Gasteiger partial charge is 0.309 e. The van der Waals surface area contributed by atoms with Gasteiger partial charge in [-0.15, -0.1) is 0 Å². The molecule has 2 atom stereocenters. The Labute approximate surface area is 122 Å². The van der Waals surface area contributed by atoms with Gasteiger partial charge in [-0.05, 0) is 39.5 Å². The van der Waals surface area contributed by atoms with Gasteiger partial charge in [0.05, 0.1) is 10.8 Å². The SMILES string of the molecule is CCC(C)(CCCCC(C)(CC)C(=O)O)C(=O)O.N.N. The van der Waals surface area contributed by atoms with Crippen molar-refractivity contribution in [3.8, 4) is 0 Å². The van der Waals surface area contributed by atoms with Crippen molar-refractivity contribution in [2.75, 3.05) is 0 Å². The summed E-state index contributed by atoms with van der Waals surface area (Å²) in [5.41, 5.74) is -1.35. The molecule has 6 heteroatoms. The molecule has 0 amide bonds. The lowest BCUT2D eigenvalue weighted by atomic mass is 9.79. The highest BCUT2D eigenvalue weighted by atomic mass is 16.4. The Morgan fingerprint density at radius 3 is 1.20 bits per heavy atom. The van der Waals surface area contributed by atoms with Gasteiger partial charge in [0.25, 0.3) is 0 Å². The van der Waals surface area contributed by atoms with Crippen molar-refractivity contribution in [2.45, 2.75) is 66.2 Å². The van der Waals surface area contributed by atoms with E-state index < -0.39 is 22.8 Å². The number of carboxylic acid groups (broad SMARTS) is 2. The Morgan fingerprint density at radius 2 is 1.05 bits per heavy atom. The largest absolute Gasteiger partial charge is 0.481 e. The molecule has 8 N–H and O–H groups in total. The van der Waals surface area contributed by atoms with Crippen LogP contribution in [0.15, 0.2) is 0 Å². The van der Waals surface area contributed by atoms with Crippen LogP contribution in [0.1, 0.15) is 66.2 Å². The molecule has 0 aromatic heterocycles. The second-order valence-corrected chi connectivity index (χ2v) is 5.65. The summed E-state index contributed by atoms with van der Waals surface area (Å²) in [7, 11) is 0. The predicted octanol–water partition coefficient (Wildman–Crippen LogP) is 3.87. The van der Waals surface area contributed by atoms with Gasteiger partial charge in [-0.1, -0.05) is 26.7 Å². The van der Waals surface area contributed by atoms with E-state index in [0.717, 1.165) is 12.8 Å². The van der Waals surface area contributed by atoms with E-state index in [-0.39, 0.29) is 12.3 Å². The first-order valence-corrected chi connectivity index (χ1v) is 6.68. The molecule has 0 saturated heterocycles. The van der Waals surface area contributed by atoms with E-state index in [9.17, 15) is 9.59 Å². The molecule has 20 heavy (non-hydrogen) atoms. The van der Waals surface area contributed by atoms with Crippen LogP contribution in [0.5, 0.6) is 0 Å². The van der Waals surface area contributed by atoms with Crippen LogP contribution in [-0.2, 0) is 9.59 Å². The standard InChI is InChI=1S/C14H26O4.2H3N/c1-5-13(3,11(15)16)9-7-8-10-14(4,6-2)12(17)18;;/h5-10H2,1-4H3,(H,15,16)(H,17,18);2*1H3. The van der Waals surface area contributed by atoms with Crippen molar-refractivity contribution >= 4 is 11.9 Å². The summed E-state index contributed by atoms with van der Waals surface area (Å²) in [6, 6.07) is 0. The second kappa shape index (κ2) is 9.72. The van der Waals surface area contributed by atoms with Gasteiger partial charge in [-0.3, -0.25) is 9.59 Å². The lowest BCUT2D eigenvalue weighted by molar-refractivity contribution is -0.150. The van der Waals surface area contributed by atoms with Gasteiger partial charge in [0.15, 0.2) is 0 Å². The molecule has 0 heterocycles. The molecule has 0 aliphatic heterocycles.